The second kappa shape index (κ2) is 6.77. The number of rotatable bonds is 5. The van der Waals surface area contributed by atoms with Gasteiger partial charge >= 0.3 is 7.12 Å². The molecule has 4 nitrogen and oxygen atoms in total. The first-order chi connectivity index (χ1) is 11.4. The fourth-order valence-electron chi connectivity index (χ4n) is 2.68. The Morgan fingerprint density at radius 2 is 1.56 bits per heavy atom. The minimum absolute atomic E-state index is 0.0459. The van der Waals surface area contributed by atoms with Crippen molar-refractivity contribution in [2.75, 3.05) is 6.54 Å². The summed E-state index contributed by atoms with van der Waals surface area (Å²) in [6.45, 7) is 17.0. The van der Waals surface area contributed by atoms with Crippen LogP contribution >= 0.6 is 0 Å². The molecule has 1 fully saturated rings. The normalized spacial score (nSPS) is 19.3. The van der Waals surface area contributed by atoms with Gasteiger partial charge in [0, 0.05) is 6.54 Å². The van der Waals surface area contributed by atoms with Gasteiger partial charge in [0.2, 0.25) is 5.91 Å². The Balaban J connectivity index is 2.13. The van der Waals surface area contributed by atoms with E-state index in [1.807, 2.05) is 65.8 Å². The topological polar surface area (TPSA) is 47.6 Å². The van der Waals surface area contributed by atoms with Gasteiger partial charge in [-0.3, -0.25) is 4.79 Å². The van der Waals surface area contributed by atoms with Crippen LogP contribution in [-0.2, 0) is 19.5 Å². The summed E-state index contributed by atoms with van der Waals surface area (Å²) in [5.74, 6) is 0.482. The van der Waals surface area contributed by atoms with Crippen LogP contribution in [0.1, 0.15) is 61.0 Å². The van der Waals surface area contributed by atoms with E-state index in [9.17, 15) is 4.79 Å². The highest BCUT2D eigenvalue weighted by molar-refractivity contribution is 6.62. The summed E-state index contributed by atoms with van der Waals surface area (Å²) in [4.78, 5) is 12.5. The van der Waals surface area contributed by atoms with Crippen LogP contribution in [0.2, 0.25) is 0 Å². The van der Waals surface area contributed by atoms with Gasteiger partial charge in [0.05, 0.1) is 16.6 Å². The van der Waals surface area contributed by atoms with Crippen LogP contribution in [0.25, 0.3) is 0 Å². The van der Waals surface area contributed by atoms with Crippen molar-refractivity contribution in [3.63, 3.8) is 0 Å². The molecule has 1 amide bonds. The monoisotopic (exact) mass is 345 g/mol. The third-order valence-corrected chi connectivity index (χ3v) is 5.40. The zero-order valence-electron chi connectivity index (χ0n) is 16.9. The molecular formula is C20H32BNO3. The maximum Gasteiger partial charge on any atom is 0.494 e. The summed E-state index contributed by atoms with van der Waals surface area (Å²) in [6, 6.07) is 7.98. The Morgan fingerprint density at radius 3 is 2.00 bits per heavy atom. The van der Waals surface area contributed by atoms with Gasteiger partial charge in [-0.2, -0.15) is 0 Å². The molecule has 1 aromatic rings. The van der Waals surface area contributed by atoms with E-state index < -0.39 is 5.41 Å². The Bertz CT molecular complexity index is 604. The standard InChI is InChI=1S/C20H32BNO3/c1-14(2)13-22-17(23)18(3,4)15-9-11-16(12-10-15)21-24-19(5,6)20(7,8)25-21/h9-12,14H,13H2,1-8H3,(H,22,23). The van der Waals surface area contributed by atoms with Gasteiger partial charge in [-0.15, -0.1) is 0 Å². The molecule has 2 rings (SSSR count). The molecule has 1 aliphatic heterocycles. The average molecular weight is 345 g/mol. The number of benzene rings is 1. The van der Waals surface area contributed by atoms with Gasteiger partial charge < -0.3 is 14.6 Å². The number of carbonyl (C=O) groups is 1. The fraction of sp³-hybridized carbons (Fsp3) is 0.650. The van der Waals surface area contributed by atoms with Crippen LogP contribution in [0.15, 0.2) is 24.3 Å². The van der Waals surface area contributed by atoms with Gasteiger partial charge in [0.25, 0.3) is 0 Å². The summed E-state index contributed by atoms with van der Waals surface area (Å²) in [7, 11) is -0.378. The lowest BCUT2D eigenvalue weighted by atomic mass is 9.76. The molecule has 0 aromatic heterocycles. The Labute approximate surface area is 152 Å². The highest BCUT2D eigenvalue weighted by atomic mass is 16.7. The maximum atomic E-state index is 12.5. The molecule has 0 spiro atoms. The van der Waals surface area contributed by atoms with Gasteiger partial charge in [0.15, 0.2) is 0 Å². The van der Waals surface area contributed by atoms with Crippen LogP contribution in [0, 0.1) is 5.92 Å². The van der Waals surface area contributed by atoms with Gasteiger partial charge in [-0.25, -0.2) is 0 Å². The molecule has 25 heavy (non-hydrogen) atoms. The smallest absolute Gasteiger partial charge is 0.399 e. The van der Waals surface area contributed by atoms with Gasteiger partial charge in [0.1, 0.15) is 0 Å². The van der Waals surface area contributed by atoms with Crippen molar-refractivity contribution in [1.29, 1.82) is 0 Å². The number of hydrogen-bond donors (Lipinski definition) is 1. The van der Waals surface area contributed by atoms with E-state index >= 15 is 0 Å². The summed E-state index contributed by atoms with van der Waals surface area (Å²) >= 11 is 0. The molecule has 1 aliphatic rings. The lowest BCUT2D eigenvalue weighted by Gasteiger charge is -2.32. The summed E-state index contributed by atoms with van der Waals surface area (Å²) in [5, 5.41) is 3.02. The minimum atomic E-state index is -0.580. The first kappa shape index (κ1) is 20.0. The largest absolute Gasteiger partial charge is 0.494 e. The molecule has 0 bridgehead atoms. The van der Waals surface area contributed by atoms with Crippen LogP contribution in [0.3, 0.4) is 0 Å². The highest BCUT2D eigenvalue weighted by Gasteiger charge is 2.51. The van der Waals surface area contributed by atoms with Crippen molar-refractivity contribution in [3.05, 3.63) is 29.8 Å². The van der Waals surface area contributed by atoms with Crippen LogP contribution in [-0.4, -0.2) is 30.8 Å². The molecule has 0 saturated carbocycles. The lowest BCUT2D eigenvalue weighted by Crippen LogP contribution is -2.42. The molecule has 1 N–H and O–H groups in total. The molecule has 1 heterocycles. The zero-order chi connectivity index (χ0) is 19.0. The van der Waals surface area contributed by atoms with Crippen molar-refractivity contribution in [1.82, 2.24) is 5.32 Å². The average Bonchev–Trinajstić information content (AvgIpc) is 2.73. The maximum absolute atomic E-state index is 12.5. The van der Waals surface area contributed by atoms with E-state index in [0.29, 0.717) is 12.5 Å². The Hall–Kier alpha value is -1.33. The van der Waals surface area contributed by atoms with Crippen molar-refractivity contribution < 1.29 is 14.1 Å². The second-order valence-corrected chi connectivity index (χ2v) is 8.94. The molecular weight excluding hydrogens is 313 g/mol. The van der Waals surface area contributed by atoms with Crippen molar-refractivity contribution in [2.24, 2.45) is 5.92 Å². The summed E-state index contributed by atoms with van der Waals surface area (Å²) in [5.41, 5.74) is 0.664. The van der Waals surface area contributed by atoms with Gasteiger partial charge in [-0.1, -0.05) is 38.1 Å². The summed E-state index contributed by atoms with van der Waals surface area (Å²) < 4.78 is 12.2. The minimum Gasteiger partial charge on any atom is -0.399 e. The van der Waals surface area contributed by atoms with E-state index in [1.54, 1.807) is 0 Å². The van der Waals surface area contributed by atoms with Crippen molar-refractivity contribution in [3.8, 4) is 0 Å². The Kier molecular flexibility index (Phi) is 5.41. The number of hydrogen-bond acceptors (Lipinski definition) is 3. The molecule has 5 heteroatoms. The highest BCUT2D eigenvalue weighted by Crippen LogP contribution is 2.36. The number of amides is 1. The predicted octanol–water partition coefficient (Wildman–Crippen LogP) is 3.04. The molecule has 0 aliphatic carbocycles. The summed E-state index contributed by atoms with van der Waals surface area (Å²) in [6.07, 6.45) is 0. The third-order valence-electron chi connectivity index (χ3n) is 5.40. The predicted molar refractivity (Wildman–Crippen MR) is 103 cm³/mol. The fourth-order valence-corrected chi connectivity index (χ4v) is 2.68. The molecule has 1 saturated heterocycles. The lowest BCUT2D eigenvalue weighted by molar-refractivity contribution is -0.125. The van der Waals surface area contributed by atoms with E-state index in [0.717, 1.165) is 11.0 Å². The van der Waals surface area contributed by atoms with Crippen LogP contribution < -0.4 is 10.8 Å². The molecule has 138 valence electrons. The quantitative estimate of drug-likeness (QED) is 0.835. The van der Waals surface area contributed by atoms with E-state index in [1.165, 1.54) is 0 Å². The second-order valence-electron chi connectivity index (χ2n) is 8.94. The SMILES string of the molecule is CC(C)CNC(=O)C(C)(C)c1ccc(B2OC(C)(C)C(C)(C)O2)cc1. The molecule has 0 unspecified atom stereocenters. The number of nitrogens with one attached hydrogen (secondary N) is 1. The Morgan fingerprint density at radius 1 is 1.08 bits per heavy atom. The third kappa shape index (κ3) is 4.09. The van der Waals surface area contributed by atoms with E-state index in [4.69, 9.17) is 9.31 Å². The van der Waals surface area contributed by atoms with E-state index in [2.05, 4.69) is 19.2 Å². The number of carbonyl (C=O) groups excluding carboxylic acids is 1. The molecule has 1 aromatic carbocycles. The molecule has 0 radical (unpaired) electrons. The van der Waals surface area contributed by atoms with Gasteiger partial charge in [-0.05, 0) is 58.5 Å². The first-order valence-electron chi connectivity index (χ1n) is 9.11. The molecule has 0 atom stereocenters. The van der Waals surface area contributed by atoms with Crippen molar-refractivity contribution in [2.45, 2.75) is 72.0 Å². The van der Waals surface area contributed by atoms with E-state index in [-0.39, 0.29) is 24.2 Å². The zero-order valence-corrected chi connectivity index (χ0v) is 16.9. The van der Waals surface area contributed by atoms with Crippen LogP contribution in [0.5, 0.6) is 0 Å². The van der Waals surface area contributed by atoms with Crippen LogP contribution in [0.4, 0.5) is 0 Å². The first-order valence-corrected chi connectivity index (χ1v) is 9.11. The van der Waals surface area contributed by atoms with Crippen molar-refractivity contribution >= 4 is 18.5 Å².